The number of hydrogen-bond acceptors (Lipinski definition) is 3. The van der Waals surface area contributed by atoms with Crippen molar-refractivity contribution in [2.24, 2.45) is 0 Å². The van der Waals surface area contributed by atoms with Crippen LogP contribution < -0.4 is 9.30 Å². The second-order valence-electron chi connectivity index (χ2n) is 20.7. The Kier molecular flexibility index (Phi) is 9.38. The van der Waals surface area contributed by atoms with E-state index in [0.29, 0.717) is 17.3 Å². The lowest BCUT2D eigenvalue weighted by molar-refractivity contribution is -0.572. The third kappa shape index (κ3) is 7.01. The molecule has 7 nitrogen and oxygen atoms in total. The minimum Gasteiger partial charge on any atom is -0.458 e. The zero-order chi connectivity index (χ0) is 45.7. The van der Waals surface area contributed by atoms with Crippen molar-refractivity contribution < 1.29 is 9.30 Å². The second-order valence-corrected chi connectivity index (χ2v) is 20.7. The Morgan fingerprint density at radius 1 is 0.439 bits per heavy atom. The molecule has 326 valence electrons. The molecule has 0 radical (unpaired) electrons. The van der Waals surface area contributed by atoms with Gasteiger partial charge in [0.1, 0.15) is 17.3 Å². The van der Waals surface area contributed by atoms with Crippen LogP contribution in [-0.2, 0) is 16.2 Å². The fourth-order valence-corrected chi connectivity index (χ4v) is 9.40. The predicted molar refractivity (Wildman–Crippen MR) is 271 cm³/mol. The van der Waals surface area contributed by atoms with Gasteiger partial charge in [0, 0.05) is 51.8 Å². The Bertz CT molecular complexity index is 3610. The molecule has 0 bridgehead atoms. The first kappa shape index (κ1) is 41.2. The highest BCUT2D eigenvalue weighted by Crippen LogP contribution is 2.39. The van der Waals surface area contributed by atoms with Crippen molar-refractivity contribution in [2.75, 3.05) is 0 Å². The first-order chi connectivity index (χ1) is 31.6. The van der Waals surface area contributed by atoms with Crippen LogP contribution in [0, 0.1) is 6.33 Å². The molecule has 66 heavy (non-hydrogen) atoms. The van der Waals surface area contributed by atoms with Crippen molar-refractivity contribution >= 4 is 54.6 Å². The van der Waals surface area contributed by atoms with Crippen molar-refractivity contribution in [3.8, 4) is 34.5 Å². The van der Waals surface area contributed by atoms with E-state index in [1.165, 1.54) is 38.5 Å². The maximum Gasteiger partial charge on any atom is 0.271 e. The summed E-state index contributed by atoms with van der Waals surface area (Å²) in [5, 5.41) is 4.72. The highest BCUT2D eigenvalue weighted by atomic mass is 16.5. The highest BCUT2D eigenvalue weighted by molar-refractivity contribution is 6.12. The van der Waals surface area contributed by atoms with Crippen LogP contribution in [0.5, 0.6) is 11.5 Å². The zero-order valence-corrected chi connectivity index (χ0v) is 39.2. The van der Waals surface area contributed by atoms with Gasteiger partial charge >= 0.3 is 0 Å². The maximum absolute atomic E-state index is 6.79. The van der Waals surface area contributed by atoms with Crippen molar-refractivity contribution in [3.05, 3.63) is 187 Å². The average molecular weight is 863 g/mol. The molecule has 0 aliphatic carbocycles. The number of rotatable bonds is 6. The Hall–Kier alpha value is -7.51. The summed E-state index contributed by atoms with van der Waals surface area (Å²) >= 11 is 0. The molecule has 0 aliphatic rings. The standard InChI is InChI=1S/C59H54N6O/c1-57(2,3)38-26-28-61-56(33-38)65-51-25-22-41(64-49-18-12-10-16-45(49)46-17-11-13-19-50(46)64)34-48(51)47-24-23-43(35-54(47)65)66-44-27-29-60-55(36-44)63-37-62(52-20-14-15-21-53(52)63)42-31-39(58(4,5)6)30-40(32-42)59(7,8)9/h10-36H,1-9H3. The van der Waals surface area contributed by atoms with E-state index in [9.17, 15) is 0 Å². The van der Waals surface area contributed by atoms with E-state index in [0.717, 1.165) is 50.0 Å². The number of para-hydroxylation sites is 4. The van der Waals surface area contributed by atoms with Gasteiger partial charge in [-0.25, -0.2) is 4.98 Å². The summed E-state index contributed by atoms with van der Waals surface area (Å²) in [7, 11) is 0. The lowest BCUT2D eigenvalue weighted by atomic mass is 9.80. The number of ether oxygens (including phenoxy) is 1. The summed E-state index contributed by atoms with van der Waals surface area (Å²) in [6.07, 6.45) is 7.42. The maximum atomic E-state index is 6.79. The topological polar surface area (TPSA) is 53.7 Å². The molecular formula is C59H54N6O. The molecule has 7 heteroatoms. The van der Waals surface area contributed by atoms with E-state index in [4.69, 9.17) is 14.7 Å². The van der Waals surface area contributed by atoms with E-state index in [-0.39, 0.29) is 16.2 Å². The van der Waals surface area contributed by atoms with Gasteiger partial charge in [-0.05, 0) is 106 Å². The number of fused-ring (bicyclic) bond motifs is 7. The first-order valence-electron chi connectivity index (χ1n) is 22.9. The van der Waals surface area contributed by atoms with Crippen LogP contribution in [0.1, 0.15) is 79.0 Å². The van der Waals surface area contributed by atoms with Gasteiger partial charge in [0.15, 0.2) is 5.82 Å². The molecule has 0 unspecified atom stereocenters. The van der Waals surface area contributed by atoms with E-state index in [1.54, 1.807) is 0 Å². The quantitative estimate of drug-likeness (QED) is 0.124. The summed E-state index contributed by atoms with van der Waals surface area (Å²) in [5.74, 6) is 2.96. The average Bonchev–Trinajstić information content (AvgIpc) is 3.96. The van der Waals surface area contributed by atoms with Crippen LogP contribution in [0.3, 0.4) is 0 Å². The summed E-state index contributed by atoms with van der Waals surface area (Å²) in [5.41, 5.74) is 12.3. The van der Waals surface area contributed by atoms with Gasteiger partial charge in [-0.2, -0.15) is 0 Å². The smallest absolute Gasteiger partial charge is 0.271 e. The molecule has 0 atom stereocenters. The van der Waals surface area contributed by atoms with E-state index < -0.39 is 0 Å². The number of hydrogen-bond donors (Lipinski definition) is 0. The van der Waals surface area contributed by atoms with Crippen molar-refractivity contribution in [3.63, 3.8) is 0 Å². The SMILES string of the molecule is CC(C)(C)c1cc(-[n+]2[c-]n(-c3cc(Oc4ccc5c6cc(-n7c8ccccc8c8ccccc87)ccc6n(-c6cc(C(C)(C)C)ccn6)c5c4)ccn3)c3ccccc32)cc(C(C)(C)C)c1. The predicted octanol–water partition coefficient (Wildman–Crippen LogP) is 14.4. The van der Waals surface area contributed by atoms with Crippen LogP contribution >= 0.6 is 0 Å². The second kappa shape index (κ2) is 15.0. The van der Waals surface area contributed by atoms with Crippen LogP contribution in [0.4, 0.5) is 0 Å². The Morgan fingerprint density at radius 3 is 1.70 bits per heavy atom. The van der Waals surface area contributed by atoms with Gasteiger partial charge in [0.25, 0.3) is 6.33 Å². The largest absolute Gasteiger partial charge is 0.458 e. The third-order valence-corrected chi connectivity index (χ3v) is 13.1. The molecule has 0 aliphatic heterocycles. The van der Waals surface area contributed by atoms with E-state index in [2.05, 4.69) is 222 Å². The minimum absolute atomic E-state index is 0.0249. The van der Waals surface area contributed by atoms with Gasteiger partial charge in [0.05, 0.1) is 38.8 Å². The normalized spacial score (nSPS) is 12.6. The van der Waals surface area contributed by atoms with Crippen LogP contribution in [0.2, 0.25) is 0 Å². The molecule has 6 aromatic carbocycles. The minimum atomic E-state index is -0.0545. The molecule has 0 saturated heterocycles. The van der Waals surface area contributed by atoms with Gasteiger partial charge in [0.2, 0.25) is 0 Å². The summed E-state index contributed by atoms with van der Waals surface area (Å²) in [6.45, 7) is 20.4. The molecule has 0 amide bonds. The fraction of sp³-hybridized carbons (Fsp3) is 0.203. The molecule has 5 aromatic heterocycles. The van der Waals surface area contributed by atoms with E-state index in [1.807, 2.05) is 29.1 Å². The number of nitrogens with zero attached hydrogens (tertiary/aromatic N) is 6. The summed E-state index contributed by atoms with van der Waals surface area (Å²) in [6, 6.07) is 54.1. The van der Waals surface area contributed by atoms with Crippen LogP contribution in [0.25, 0.3) is 77.7 Å². The number of benzene rings is 6. The van der Waals surface area contributed by atoms with Crippen molar-refractivity contribution in [2.45, 2.75) is 78.6 Å². The lowest BCUT2D eigenvalue weighted by Crippen LogP contribution is -2.31. The van der Waals surface area contributed by atoms with Gasteiger partial charge in [-0.1, -0.05) is 129 Å². The molecule has 11 rings (SSSR count). The van der Waals surface area contributed by atoms with Gasteiger partial charge in [-0.15, -0.1) is 0 Å². The highest BCUT2D eigenvalue weighted by Gasteiger charge is 2.24. The number of pyridine rings is 2. The number of aromatic nitrogens is 6. The lowest BCUT2D eigenvalue weighted by Gasteiger charge is -2.26. The first-order valence-corrected chi connectivity index (χ1v) is 22.9. The van der Waals surface area contributed by atoms with Crippen molar-refractivity contribution in [1.82, 2.24) is 23.7 Å². The van der Waals surface area contributed by atoms with E-state index >= 15 is 0 Å². The number of imidazole rings is 1. The van der Waals surface area contributed by atoms with Gasteiger partial charge < -0.3 is 9.30 Å². The molecular weight excluding hydrogens is 809 g/mol. The van der Waals surface area contributed by atoms with Gasteiger partial charge in [-0.3, -0.25) is 18.7 Å². The molecule has 11 aromatic rings. The zero-order valence-electron chi connectivity index (χ0n) is 39.2. The molecule has 0 N–H and O–H groups in total. The fourth-order valence-electron chi connectivity index (χ4n) is 9.40. The van der Waals surface area contributed by atoms with Crippen LogP contribution in [0.15, 0.2) is 164 Å². The molecule has 0 spiro atoms. The molecule has 0 fully saturated rings. The van der Waals surface area contributed by atoms with Crippen molar-refractivity contribution in [1.29, 1.82) is 0 Å². The Balaban J connectivity index is 1.03. The van der Waals surface area contributed by atoms with Crippen LogP contribution in [-0.4, -0.2) is 23.7 Å². The summed E-state index contributed by atoms with van der Waals surface area (Å²) in [4.78, 5) is 9.86. The monoisotopic (exact) mass is 862 g/mol. The molecule has 5 heterocycles. The Morgan fingerprint density at radius 2 is 1.02 bits per heavy atom. The molecule has 0 saturated carbocycles. The third-order valence-electron chi connectivity index (χ3n) is 13.1. The summed E-state index contributed by atoms with van der Waals surface area (Å²) < 4.78 is 15.6. The Labute approximate surface area is 386 Å².